The zero-order chi connectivity index (χ0) is 32.4. The topological polar surface area (TPSA) is 88.5 Å². The van der Waals surface area contributed by atoms with E-state index in [0.29, 0.717) is 67.7 Å². The number of hydrogen-bond acceptors (Lipinski definition) is 8. The Balaban J connectivity index is 1.30. The van der Waals surface area contributed by atoms with Crippen LogP contribution in [0.3, 0.4) is 0 Å². The molecular formula is C32H26Cl6N4O4. The fraction of sp³-hybridized carbons (Fsp3) is 0.500. The lowest BCUT2D eigenvalue weighted by molar-refractivity contribution is -0.241. The van der Waals surface area contributed by atoms with Crippen LogP contribution in [0.2, 0.25) is 10.0 Å². The van der Waals surface area contributed by atoms with Gasteiger partial charge in [0.1, 0.15) is 19.5 Å². The smallest absolute Gasteiger partial charge is 0.219 e. The highest BCUT2D eigenvalue weighted by Crippen LogP contribution is 2.84. The summed E-state index contributed by atoms with van der Waals surface area (Å²) < 4.78 is 25.1. The number of para-hydroxylation sites is 2. The van der Waals surface area contributed by atoms with Gasteiger partial charge >= 0.3 is 0 Å². The predicted octanol–water partition coefficient (Wildman–Crippen LogP) is 7.61. The number of ether oxygens (including phenoxy) is 4. The van der Waals surface area contributed by atoms with Gasteiger partial charge in [-0.1, -0.05) is 35.3 Å². The molecule has 2 aromatic carbocycles. The summed E-state index contributed by atoms with van der Waals surface area (Å²) in [6, 6.07) is 11.0. The quantitative estimate of drug-likeness (QED) is 0.156. The van der Waals surface area contributed by atoms with E-state index in [9.17, 15) is 0 Å². The molecular weight excluding hydrogens is 717 g/mol. The minimum Gasteiger partial charge on any atom is -0.349 e. The number of methoxy groups -OCH3 is 4. The number of fused-ring (bicyclic) bond motifs is 18. The highest BCUT2D eigenvalue weighted by molar-refractivity contribution is 6.42. The minimum absolute atomic E-state index is 0.317. The summed E-state index contributed by atoms with van der Waals surface area (Å²) in [5, 5.41) is 0.695. The SMILES string of the molecule is COC1(OC)[C@@]2(Cl)c3nc4ccccc4nc3[C@]1(Cl)[C@@H]1C[C@H]3[C@@H](C[C@@H]12)[C@@]1(Cl)c2nc4cc(Cl)c(Cl)cc4nc2[C@]3(Cl)C1(OC)OC. The van der Waals surface area contributed by atoms with E-state index >= 15 is 0 Å². The van der Waals surface area contributed by atoms with Crippen molar-refractivity contribution in [1.82, 2.24) is 19.9 Å². The molecule has 4 aromatic rings. The van der Waals surface area contributed by atoms with Crippen molar-refractivity contribution in [2.45, 2.75) is 43.9 Å². The molecule has 0 N–H and O–H groups in total. The maximum Gasteiger partial charge on any atom is 0.219 e. The molecule has 0 saturated heterocycles. The zero-order valence-electron chi connectivity index (χ0n) is 24.9. The lowest BCUT2D eigenvalue weighted by atomic mass is 9.59. The van der Waals surface area contributed by atoms with Crippen molar-refractivity contribution in [2.24, 2.45) is 23.7 Å². The van der Waals surface area contributed by atoms with Crippen LogP contribution >= 0.6 is 69.6 Å². The van der Waals surface area contributed by atoms with Crippen molar-refractivity contribution >= 4 is 91.7 Å². The molecule has 14 heteroatoms. The molecule has 3 saturated carbocycles. The third-order valence-electron chi connectivity index (χ3n) is 11.8. The molecule has 3 fully saturated rings. The molecule has 0 aliphatic heterocycles. The number of hydrogen-bond donors (Lipinski definition) is 0. The van der Waals surface area contributed by atoms with Crippen LogP contribution in [0.25, 0.3) is 22.1 Å². The summed E-state index contributed by atoms with van der Waals surface area (Å²) >= 11 is 44.4. The number of aromatic nitrogens is 4. The monoisotopic (exact) mass is 740 g/mol. The Hall–Kier alpha value is -1.30. The second-order valence-corrected chi connectivity index (χ2v) is 16.1. The van der Waals surface area contributed by atoms with Gasteiger partial charge in [0.2, 0.25) is 11.6 Å². The standard InChI is InChI=1S/C32H26Cl6N4O4/c1-43-31(44-2)27(35)13-9-15-16(10-14(13)28(31,36)24-23(27)39-19-7-5-6-8-20(19)40-24)30(38)26-25(29(15,37)32(30,45-3)46-4)41-21-11-17(33)18(34)12-22(21)42-26/h5-8,11-16H,9-10H2,1-4H3/t13-,14+,15+,16-,27-,28+,29+,30-. The van der Waals surface area contributed by atoms with Crippen molar-refractivity contribution in [3.8, 4) is 0 Å². The third-order valence-corrected chi connectivity index (χ3v) is 15.3. The number of rotatable bonds is 4. The van der Waals surface area contributed by atoms with Gasteiger partial charge in [-0.2, -0.15) is 0 Å². The van der Waals surface area contributed by atoms with Gasteiger partial charge in [-0.15, -0.1) is 46.4 Å². The largest absolute Gasteiger partial charge is 0.349 e. The van der Waals surface area contributed by atoms with Crippen molar-refractivity contribution in [1.29, 1.82) is 0 Å². The molecule has 5 aliphatic rings. The molecule has 240 valence electrons. The van der Waals surface area contributed by atoms with Crippen molar-refractivity contribution in [2.75, 3.05) is 28.4 Å². The highest BCUT2D eigenvalue weighted by atomic mass is 35.5. The lowest BCUT2D eigenvalue weighted by Crippen LogP contribution is -2.54. The molecule has 0 unspecified atom stereocenters. The maximum absolute atomic E-state index is 7.91. The Kier molecular flexibility index (Phi) is 6.20. The number of alkyl halides is 4. The summed E-state index contributed by atoms with van der Waals surface area (Å²) in [5.41, 5.74) is 4.47. The maximum atomic E-state index is 7.91. The van der Waals surface area contributed by atoms with Crippen LogP contribution < -0.4 is 0 Å². The molecule has 4 bridgehead atoms. The number of benzene rings is 2. The van der Waals surface area contributed by atoms with Gasteiger partial charge in [-0.3, -0.25) is 0 Å². The van der Waals surface area contributed by atoms with Gasteiger partial charge in [0, 0.05) is 28.4 Å². The first-order valence-corrected chi connectivity index (χ1v) is 17.1. The molecule has 8 atom stereocenters. The van der Waals surface area contributed by atoms with Gasteiger partial charge in [0.05, 0.1) is 54.9 Å². The first kappa shape index (κ1) is 30.7. The number of halogens is 6. The molecule has 5 aliphatic carbocycles. The van der Waals surface area contributed by atoms with E-state index in [0.717, 1.165) is 0 Å². The average Bonchev–Trinajstić information content (AvgIpc) is 3.50. The van der Waals surface area contributed by atoms with Gasteiger partial charge in [-0.25, -0.2) is 19.9 Å². The van der Waals surface area contributed by atoms with Gasteiger partial charge < -0.3 is 18.9 Å². The second-order valence-electron chi connectivity index (χ2n) is 12.9. The molecule has 0 radical (unpaired) electrons. The van der Waals surface area contributed by atoms with Gasteiger partial charge in [-0.05, 0) is 60.8 Å². The van der Waals surface area contributed by atoms with Gasteiger partial charge in [0.25, 0.3) is 0 Å². The van der Waals surface area contributed by atoms with Crippen LogP contribution in [0, 0.1) is 23.7 Å². The van der Waals surface area contributed by atoms with E-state index in [1.54, 1.807) is 40.6 Å². The van der Waals surface area contributed by atoms with E-state index in [1.807, 2.05) is 24.3 Å². The van der Waals surface area contributed by atoms with E-state index < -0.39 is 31.1 Å². The lowest BCUT2D eigenvalue weighted by Gasteiger charge is -2.49. The highest BCUT2D eigenvalue weighted by Gasteiger charge is 2.91. The third kappa shape index (κ3) is 2.84. The van der Waals surface area contributed by atoms with Crippen molar-refractivity contribution in [3.05, 3.63) is 69.2 Å². The summed E-state index contributed by atoms with van der Waals surface area (Å²) in [6.45, 7) is 0. The average molecular weight is 743 g/mol. The Morgan fingerprint density at radius 2 is 0.804 bits per heavy atom. The molecule has 0 spiro atoms. The molecule has 2 aromatic heterocycles. The zero-order valence-corrected chi connectivity index (χ0v) is 29.4. The molecule has 0 amide bonds. The van der Waals surface area contributed by atoms with E-state index in [-0.39, 0.29) is 23.7 Å². The molecule has 2 heterocycles. The second kappa shape index (κ2) is 9.27. The van der Waals surface area contributed by atoms with Gasteiger partial charge in [0.15, 0.2) is 0 Å². The van der Waals surface area contributed by atoms with E-state index in [1.165, 1.54) is 0 Å². The molecule has 46 heavy (non-hydrogen) atoms. The predicted molar refractivity (Wildman–Crippen MR) is 176 cm³/mol. The Morgan fingerprint density at radius 1 is 0.522 bits per heavy atom. The fourth-order valence-corrected chi connectivity index (χ4v) is 13.3. The van der Waals surface area contributed by atoms with Crippen LogP contribution in [0.15, 0.2) is 36.4 Å². The molecule has 9 rings (SSSR count). The Bertz CT molecular complexity index is 1900. The number of nitrogens with zero attached hydrogens (tertiary/aromatic N) is 4. The van der Waals surface area contributed by atoms with Crippen LogP contribution in [0.5, 0.6) is 0 Å². The van der Waals surface area contributed by atoms with Crippen molar-refractivity contribution in [3.63, 3.8) is 0 Å². The fourth-order valence-electron chi connectivity index (χ4n) is 10.2. The Labute approximate surface area is 294 Å². The van der Waals surface area contributed by atoms with E-state index in [4.69, 9.17) is 108 Å². The summed E-state index contributed by atoms with van der Waals surface area (Å²) in [4.78, 5) is 14.8. The van der Waals surface area contributed by atoms with E-state index in [2.05, 4.69) is 0 Å². The normalized spacial score (nSPS) is 38.7. The Morgan fingerprint density at radius 3 is 1.09 bits per heavy atom. The summed E-state index contributed by atoms with van der Waals surface area (Å²) in [7, 11) is 6.20. The van der Waals surface area contributed by atoms with Crippen molar-refractivity contribution < 1.29 is 18.9 Å². The van der Waals surface area contributed by atoms with Crippen LogP contribution in [-0.4, -0.2) is 59.9 Å². The summed E-state index contributed by atoms with van der Waals surface area (Å²) in [6.07, 6.45) is 0.922. The molecule has 8 nitrogen and oxygen atoms in total. The van der Waals surface area contributed by atoms with Crippen LogP contribution in [0.4, 0.5) is 0 Å². The first-order valence-electron chi connectivity index (χ1n) is 14.8. The van der Waals surface area contributed by atoms with Crippen LogP contribution in [-0.2, 0) is 38.4 Å². The first-order chi connectivity index (χ1) is 21.9. The minimum atomic E-state index is -1.54. The van der Waals surface area contributed by atoms with Crippen LogP contribution in [0.1, 0.15) is 35.6 Å². The summed E-state index contributed by atoms with van der Waals surface area (Å²) in [5.74, 6) is -4.35.